The Kier molecular flexibility index (Phi) is 8.48. The summed E-state index contributed by atoms with van der Waals surface area (Å²) in [6.45, 7) is 3.96. The highest BCUT2D eigenvalue weighted by molar-refractivity contribution is 7.80. The van der Waals surface area contributed by atoms with Gasteiger partial charge in [0.15, 0.2) is 5.11 Å². The van der Waals surface area contributed by atoms with E-state index in [9.17, 15) is 14.4 Å². The lowest BCUT2D eigenvalue weighted by Gasteiger charge is -2.10. The molecule has 0 aromatic heterocycles. The van der Waals surface area contributed by atoms with Crippen LogP contribution in [0.25, 0.3) is 16.8 Å². The van der Waals surface area contributed by atoms with Gasteiger partial charge in [0.2, 0.25) is 17.7 Å². The Morgan fingerprint density at radius 2 is 1.59 bits per heavy atom. The van der Waals surface area contributed by atoms with Crippen LogP contribution in [0.3, 0.4) is 0 Å². The van der Waals surface area contributed by atoms with Crippen LogP contribution in [0.5, 0.6) is 0 Å². The van der Waals surface area contributed by atoms with E-state index in [0.717, 1.165) is 27.5 Å². The molecule has 0 heterocycles. The summed E-state index contributed by atoms with van der Waals surface area (Å²) in [6, 6.07) is 19.3. The average molecular weight is 475 g/mol. The monoisotopic (exact) mass is 474 g/mol. The fourth-order valence-electron chi connectivity index (χ4n) is 3.20. The van der Waals surface area contributed by atoms with Crippen LogP contribution in [-0.2, 0) is 14.4 Å². The van der Waals surface area contributed by atoms with Crippen molar-refractivity contribution in [3.05, 3.63) is 83.4 Å². The van der Waals surface area contributed by atoms with Gasteiger partial charge in [-0.3, -0.25) is 30.6 Å². The zero-order valence-electron chi connectivity index (χ0n) is 19.0. The van der Waals surface area contributed by atoms with Crippen LogP contribution in [0.4, 0.5) is 5.69 Å². The Hall–Kier alpha value is -4.04. The molecule has 0 spiro atoms. The van der Waals surface area contributed by atoms with E-state index in [0.29, 0.717) is 5.69 Å². The number of hydrogen-bond acceptors (Lipinski definition) is 4. The first kappa shape index (κ1) is 24.6. The highest BCUT2D eigenvalue weighted by atomic mass is 32.1. The van der Waals surface area contributed by atoms with E-state index in [1.807, 2.05) is 74.5 Å². The van der Waals surface area contributed by atoms with Crippen molar-refractivity contribution in [1.82, 2.24) is 16.2 Å². The molecule has 34 heavy (non-hydrogen) atoms. The highest BCUT2D eigenvalue weighted by Crippen LogP contribution is 2.19. The molecule has 7 nitrogen and oxygen atoms in total. The molecule has 0 bridgehead atoms. The number of amides is 3. The molecule has 0 atom stereocenters. The van der Waals surface area contributed by atoms with Crippen LogP contribution < -0.4 is 21.5 Å². The molecular weight excluding hydrogens is 448 g/mol. The van der Waals surface area contributed by atoms with Gasteiger partial charge in [-0.25, -0.2) is 0 Å². The van der Waals surface area contributed by atoms with Crippen molar-refractivity contribution in [2.45, 2.75) is 26.7 Å². The molecule has 174 valence electrons. The van der Waals surface area contributed by atoms with Crippen molar-refractivity contribution in [2.75, 3.05) is 5.32 Å². The summed E-state index contributed by atoms with van der Waals surface area (Å²) >= 11 is 5.03. The van der Waals surface area contributed by atoms with Crippen molar-refractivity contribution >= 4 is 57.6 Å². The maximum Gasteiger partial charge on any atom is 0.250 e. The van der Waals surface area contributed by atoms with Crippen molar-refractivity contribution in [3.63, 3.8) is 0 Å². The second kappa shape index (κ2) is 11.7. The lowest BCUT2D eigenvalue weighted by atomic mass is 10.0. The molecule has 0 unspecified atom stereocenters. The molecule has 3 rings (SSSR count). The quantitative estimate of drug-likeness (QED) is 0.247. The van der Waals surface area contributed by atoms with E-state index >= 15 is 0 Å². The van der Waals surface area contributed by atoms with Crippen molar-refractivity contribution < 1.29 is 14.4 Å². The number of anilines is 1. The van der Waals surface area contributed by atoms with Gasteiger partial charge in [-0.15, -0.1) is 0 Å². The Balaban J connectivity index is 1.39. The van der Waals surface area contributed by atoms with E-state index in [-0.39, 0.29) is 23.9 Å². The summed E-state index contributed by atoms with van der Waals surface area (Å²) in [4.78, 5) is 36.2. The molecule has 3 aromatic carbocycles. The number of nitrogens with one attached hydrogen (secondary N) is 4. The first-order valence-electron chi connectivity index (χ1n) is 10.7. The number of benzene rings is 3. The topological polar surface area (TPSA) is 99.3 Å². The standard InChI is InChI=1S/C26H26N4O3S/c1-17-10-12-21(16-18(17)2)27-23(31)14-15-25(33)29-30-26(34)28-24(32)13-11-20-8-5-7-19-6-3-4-9-22(19)20/h3-13,16H,14-15H2,1-2H3,(H,27,31)(H,29,33)(H2,28,30,32,34). The number of carbonyl (C=O) groups excluding carboxylic acids is 3. The smallest absolute Gasteiger partial charge is 0.250 e. The summed E-state index contributed by atoms with van der Waals surface area (Å²) in [5, 5.41) is 7.28. The lowest BCUT2D eigenvalue weighted by Crippen LogP contribution is -2.48. The molecule has 3 aromatic rings. The lowest BCUT2D eigenvalue weighted by molar-refractivity contribution is -0.124. The maximum atomic E-state index is 12.2. The third-order valence-electron chi connectivity index (χ3n) is 5.16. The number of thiocarbonyl (C=S) groups is 1. The van der Waals surface area contributed by atoms with Gasteiger partial charge in [0.05, 0.1) is 0 Å². The summed E-state index contributed by atoms with van der Waals surface area (Å²) in [5.74, 6) is -1.14. The summed E-state index contributed by atoms with van der Waals surface area (Å²) in [7, 11) is 0. The van der Waals surface area contributed by atoms with Gasteiger partial charge in [-0.1, -0.05) is 48.5 Å². The number of carbonyl (C=O) groups is 3. The molecule has 0 aliphatic heterocycles. The van der Waals surface area contributed by atoms with Crippen molar-refractivity contribution in [1.29, 1.82) is 0 Å². The molecular formula is C26H26N4O3S. The highest BCUT2D eigenvalue weighted by Gasteiger charge is 2.09. The summed E-state index contributed by atoms with van der Waals surface area (Å²) in [6.07, 6.45) is 3.04. The number of hydrogen-bond donors (Lipinski definition) is 4. The van der Waals surface area contributed by atoms with Gasteiger partial charge < -0.3 is 5.32 Å². The fraction of sp³-hybridized carbons (Fsp3) is 0.154. The predicted octanol–water partition coefficient (Wildman–Crippen LogP) is 3.91. The van der Waals surface area contributed by atoms with Crippen molar-refractivity contribution in [3.8, 4) is 0 Å². The molecule has 0 saturated heterocycles. The number of aryl methyl sites for hydroxylation is 2. The van der Waals surface area contributed by atoms with E-state index in [2.05, 4.69) is 21.5 Å². The molecule has 0 aliphatic rings. The number of hydrazine groups is 1. The Labute approximate surface area is 203 Å². The van der Waals surface area contributed by atoms with E-state index in [1.54, 1.807) is 6.08 Å². The zero-order chi connectivity index (χ0) is 24.5. The first-order chi connectivity index (χ1) is 16.3. The van der Waals surface area contributed by atoms with Crippen LogP contribution in [0.2, 0.25) is 0 Å². The second-order valence-corrected chi connectivity index (χ2v) is 8.15. The molecule has 0 aliphatic carbocycles. The van der Waals surface area contributed by atoms with E-state index in [1.165, 1.54) is 6.08 Å². The maximum absolute atomic E-state index is 12.2. The molecule has 0 fully saturated rings. The van der Waals surface area contributed by atoms with Crippen LogP contribution in [0, 0.1) is 13.8 Å². The number of rotatable bonds is 6. The van der Waals surface area contributed by atoms with Gasteiger partial charge >= 0.3 is 0 Å². The average Bonchev–Trinajstić information content (AvgIpc) is 2.82. The third kappa shape index (κ3) is 7.25. The largest absolute Gasteiger partial charge is 0.326 e. The summed E-state index contributed by atoms with van der Waals surface area (Å²) in [5.41, 5.74) is 8.63. The van der Waals surface area contributed by atoms with Gasteiger partial charge in [0.25, 0.3) is 0 Å². The predicted molar refractivity (Wildman–Crippen MR) is 139 cm³/mol. The molecule has 3 amide bonds. The van der Waals surface area contributed by atoms with E-state index < -0.39 is 11.8 Å². The van der Waals surface area contributed by atoms with Gasteiger partial charge in [-0.2, -0.15) is 0 Å². The minimum absolute atomic E-state index is 0.00727. The normalized spacial score (nSPS) is 10.6. The Morgan fingerprint density at radius 3 is 2.38 bits per heavy atom. The Bertz CT molecular complexity index is 1260. The second-order valence-electron chi connectivity index (χ2n) is 7.74. The molecule has 0 saturated carbocycles. The minimum atomic E-state index is -0.438. The zero-order valence-corrected chi connectivity index (χ0v) is 19.8. The van der Waals surface area contributed by atoms with Crippen LogP contribution in [0.1, 0.15) is 29.5 Å². The molecule has 0 radical (unpaired) electrons. The van der Waals surface area contributed by atoms with Crippen LogP contribution in [-0.4, -0.2) is 22.8 Å². The molecule has 4 N–H and O–H groups in total. The minimum Gasteiger partial charge on any atom is -0.326 e. The van der Waals surface area contributed by atoms with Gasteiger partial charge in [0, 0.05) is 24.6 Å². The van der Waals surface area contributed by atoms with Crippen molar-refractivity contribution in [2.24, 2.45) is 0 Å². The Morgan fingerprint density at radius 1 is 0.853 bits per heavy atom. The van der Waals surface area contributed by atoms with Crippen LogP contribution in [0.15, 0.2) is 66.7 Å². The summed E-state index contributed by atoms with van der Waals surface area (Å²) < 4.78 is 0. The van der Waals surface area contributed by atoms with Crippen LogP contribution >= 0.6 is 12.2 Å². The first-order valence-corrected chi connectivity index (χ1v) is 11.2. The van der Waals surface area contributed by atoms with Gasteiger partial charge in [0.1, 0.15) is 0 Å². The third-order valence-corrected chi connectivity index (χ3v) is 5.36. The fourth-order valence-corrected chi connectivity index (χ4v) is 3.36. The van der Waals surface area contributed by atoms with E-state index in [4.69, 9.17) is 12.2 Å². The van der Waals surface area contributed by atoms with Gasteiger partial charge in [-0.05, 0) is 71.7 Å². The SMILES string of the molecule is Cc1ccc(NC(=O)CCC(=O)NNC(=S)NC(=O)C=Cc2cccc3ccccc23)cc1C. The molecule has 8 heteroatoms. The number of fused-ring (bicyclic) bond motifs is 1.